The Morgan fingerprint density at radius 2 is 2.03 bits per heavy atom. The smallest absolute Gasteiger partial charge is 0.328 e. The van der Waals surface area contributed by atoms with Crippen molar-refractivity contribution in [2.24, 2.45) is 23.2 Å². The third-order valence-electron chi connectivity index (χ3n) is 8.30. The van der Waals surface area contributed by atoms with Gasteiger partial charge in [0.1, 0.15) is 23.5 Å². The zero-order valence-corrected chi connectivity index (χ0v) is 20.9. The molecule has 1 aromatic carbocycles. The average Bonchev–Trinajstić information content (AvgIpc) is 3.38. The molecule has 0 spiro atoms. The summed E-state index contributed by atoms with van der Waals surface area (Å²) >= 11 is 0. The van der Waals surface area contributed by atoms with Gasteiger partial charge in [-0.05, 0) is 48.3 Å². The van der Waals surface area contributed by atoms with E-state index in [9.17, 15) is 19.2 Å². The summed E-state index contributed by atoms with van der Waals surface area (Å²) in [5.41, 5.74) is 1.05. The maximum Gasteiger partial charge on any atom is 0.328 e. The van der Waals surface area contributed by atoms with Crippen LogP contribution in [0.4, 0.5) is 0 Å². The number of carbonyl (C=O) groups is 4. The van der Waals surface area contributed by atoms with Crippen LogP contribution >= 0.6 is 0 Å². The third-order valence-corrected chi connectivity index (χ3v) is 8.30. The first-order valence-electron chi connectivity index (χ1n) is 12.3. The highest BCUT2D eigenvalue weighted by atomic mass is 16.5. The Balaban J connectivity index is 1.39. The number of amides is 3. The Bertz CT molecular complexity index is 1240. The number of aromatic amines is 1. The lowest BCUT2D eigenvalue weighted by molar-refractivity contribution is -0.146. The summed E-state index contributed by atoms with van der Waals surface area (Å²) in [4.78, 5) is 56.6. The van der Waals surface area contributed by atoms with Crippen molar-refractivity contribution in [1.29, 1.82) is 0 Å². The van der Waals surface area contributed by atoms with E-state index in [1.54, 1.807) is 18.1 Å². The van der Waals surface area contributed by atoms with E-state index in [1.165, 1.54) is 7.11 Å². The zero-order valence-electron chi connectivity index (χ0n) is 20.9. The van der Waals surface area contributed by atoms with Crippen LogP contribution in [0, 0.1) is 23.2 Å². The van der Waals surface area contributed by atoms with Crippen molar-refractivity contribution in [3.05, 3.63) is 30.0 Å². The Kier molecular flexibility index (Phi) is 5.92. The van der Waals surface area contributed by atoms with Gasteiger partial charge in [-0.3, -0.25) is 14.4 Å². The van der Waals surface area contributed by atoms with Crippen molar-refractivity contribution in [1.82, 2.24) is 20.5 Å². The van der Waals surface area contributed by atoms with Crippen LogP contribution in [-0.2, 0) is 19.1 Å². The number of benzene rings is 1. The summed E-state index contributed by atoms with van der Waals surface area (Å²) in [6.45, 7) is 5.19. The van der Waals surface area contributed by atoms with Crippen molar-refractivity contribution in [2.45, 2.75) is 38.8 Å². The summed E-state index contributed by atoms with van der Waals surface area (Å²) in [6, 6.07) is 5.58. The van der Waals surface area contributed by atoms with Crippen LogP contribution < -0.4 is 15.4 Å². The average molecular weight is 497 g/mol. The topological polar surface area (TPSA) is 130 Å². The van der Waals surface area contributed by atoms with Crippen molar-refractivity contribution in [2.75, 3.05) is 27.3 Å². The first kappa shape index (κ1) is 24.1. The fourth-order valence-electron chi connectivity index (χ4n) is 6.14. The zero-order chi connectivity index (χ0) is 25.8. The number of rotatable bonds is 7. The van der Waals surface area contributed by atoms with Crippen molar-refractivity contribution in [3.8, 4) is 5.75 Å². The highest BCUT2D eigenvalue weighted by Gasteiger charge is 2.69. The molecule has 0 unspecified atom stereocenters. The molecule has 5 atom stereocenters. The van der Waals surface area contributed by atoms with Gasteiger partial charge in [-0.25, -0.2) is 4.79 Å². The number of hydrogen-bond donors (Lipinski definition) is 3. The molecule has 1 aliphatic carbocycles. The molecule has 3 fully saturated rings. The van der Waals surface area contributed by atoms with Gasteiger partial charge in [-0.2, -0.15) is 0 Å². The number of nitrogens with one attached hydrogen (secondary N) is 3. The standard InChI is InChI=1S/C26H32N4O6/c1-26(2)15-12-30(24(33)17-11-14-16(28-17)6-5-7-19(14)35-3)21(20(15)26)23(32)29-18(25(34)36-4)10-13-8-9-27-22(13)31/h5-7,11,13,15,18,20-21,28H,8-10,12H2,1-4H3,(H,27,31)(H,29,32)/t13-,15-,18-,20-,21-/m0/s1. The first-order valence-corrected chi connectivity index (χ1v) is 12.3. The van der Waals surface area contributed by atoms with Crippen LogP contribution in [0.1, 0.15) is 37.2 Å². The minimum atomic E-state index is -0.966. The lowest BCUT2D eigenvalue weighted by Crippen LogP contribution is -2.54. The van der Waals surface area contributed by atoms with E-state index in [0.29, 0.717) is 31.0 Å². The Morgan fingerprint density at radius 3 is 2.69 bits per heavy atom. The molecule has 3 aliphatic rings. The van der Waals surface area contributed by atoms with Crippen LogP contribution in [0.3, 0.4) is 0 Å². The van der Waals surface area contributed by atoms with E-state index in [0.717, 1.165) is 10.9 Å². The number of hydrogen-bond acceptors (Lipinski definition) is 6. The molecular formula is C26H32N4O6. The number of fused-ring (bicyclic) bond motifs is 2. The van der Waals surface area contributed by atoms with Gasteiger partial charge < -0.3 is 30.0 Å². The van der Waals surface area contributed by atoms with Crippen LogP contribution in [0.15, 0.2) is 24.3 Å². The minimum absolute atomic E-state index is 0.0200. The maximum absolute atomic E-state index is 13.6. The number of piperidine rings is 1. The molecule has 0 bridgehead atoms. The molecule has 3 N–H and O–H groups in total. The van der Waals surface area contributed by atoms with E-state index >= 15 is 0 Å². The fraction of sp³-hybridized carbons (Fsp3) is 0.538. The number of nitrogens with zero attached hydrogens (tertiary/aromatic N) is 1. The SMILES string of the molecule is COC(=O)[C@H](C[C@@H]1CCNC1=O)NC(=O)[C@@H]1[C@@H]2[C@H](CN1C(=O)c1cc3c(OC)cccc3[nH]1)C2(C)C. The van der Waals surface area contributed by atoms with Crippen LogP contribution in [0.2, 0.25) is 0 Å². The molecule has 10 nitrogen and oxygen atoms in total. The van der Waals surface area contributed by atoms with Gasteiger partial charge in [-0.1, -0.05) is 19.9 Å². The number of esters is 1. The lowest BCUT2D eigenvalue weighted by Gasteiger charge is -2.31. The van der Waals surface area contributed by atoms with Gasteiger partial charge in [0.25, 0.3) is 5.91 Å². The third kappa shape index (κ3) is 3.88. The van der Waals surface area contributed by atoms with Gasteiger partial charge in [0.2, 0.25) is 11.8 Å². The molecule has 1 aromatic heterocycles. The second-order valence-corrected chi connectivity index (χ2v) is 10.6. The molecular weight excluding hydrogens is 464 g/mol. The second-order valence-electron chi connectivity index (χ2n) is 10.6. The number of carbonyl (C=O) groups excluding carboxylic acids is 4. The van der Waals surface area contributed by atoms with E-state index < -0.39 is 24.0 Å². The fourth-order valence-corrected chi connectivity index (χ4v) is 6.14. The molecule has 5 rings (SSSR count). The van der Waals surface area contributed by atoms with Crippen molar-refractivity contribution >= 4 is 34.6 Å². The Hall–Kier alpha value is -3.56. The van der Waals surface area contributed by atoms with Crippen molar-refractivity contribution in [3.63, 3.8) is 0 Å². The molecule has 192 valence electrons. The van der Waals surface area contributed by atoms with Crippen LogP contribution in [-0.4, -0.2) is 73.0 Å². The highest BCUT2D eigenvalue weighted by molar-refractivity contribution is 6.02. The van der Waals surface area contributed by atoms with E-state index in [-0.39, 0.29) is 41.4 Å². The monoisotopic (exact) mass is 496 g/mol. The molecule has 1 saturated carbocycles. The van der Waals surface area contributed by atoms with Gasteiger partial charge in [0.05, 0.1) is 14.2 Å². The van der Waals surface area contributed by atoms with Crippen molar-refractivity contribution < 1.29 is 28.7 Å². The predicted octanol–water partition coefficient (Wildman–Crippen LogP) is 1.46. The highest BCUT2D eigenvalue weighted by Crippen LogP contribution is 2.65. The molecule has 2 saturated heterocycles. The van der Waals surface area contributed by atoms with E-state index in [2.05, 4.69) is 29.5 Å². The lowest BCUT2D eigenvalue weighted by atomic mass is 9.96. The van der Waals surface area contributed by atoms with Gasteiger partial charge in [0, 0.05) is 29.9 Å². The summed E-state index contributed by atoms with van der Waals surface area (Å²) in [5.74, 6) is -0.963. The van der Waals surface area contributed by atoms with Gasteiger partial charge in [0.15, 0.2) is 0 Å². The van der Waals surface area contributed by atoms with Crippen LogP contribution in [0.5, 0.6) is 5.75 Å². The molecule has 3 amide bonds. The van der Waals surface area contributed by atoms with Crippen LogP contribution in [0.25, 0.3) is 10.9 Å². The molecule has 2 aromatic rings. The Labute approximate surface area is 209 Å². The second kappa shape index (κ2) is 8.83. The minimum Gasteiger partial charge on any atom is -0.496 e. The predicted molar refractivity (Wildman–Crippen MR) is 130 cm³/mol. The molecule has 0 radical (unpaired) electrons. The Morgan fingerprint density at radius 1 is 1.25 bits per heavy atom. The number of likely N-dealkylation sites (tertiary alicyclic amines) is 1. The van der Waals surface area contributed by atoms with E-state index in [4.69, 9.17) is 9.47 Å². The summed E-state index contributed by atoms with van der Waals surface area (Å²) in [5, 5.41) is 6.36. The quantitative estimate of drug-likeness (QED) is 0.498. The largest absolute Gasteiger partial charge is 0.496 e. The number of methoxy groups -OCH3 is 2. The molecule has 10 heteroatoms. The molecule has 3 heterocycles. The van der Waals surface area contributed by atoms with Gasteiger partial charge in [-0.15, -0.1) is 0 Å². The first-order chi connectivity index (χ1) is 17.2. The number of ether oxygens (including phenoxy) is 2. The summed E-state index contributed by atoms with van der Waals surface area (Å²) in [6.07, 6.45) is 0.752. The number of H-pyrrole nitrogens is 1. The van der Waals surface area contributed by atoms with Gasteiger partial charge >= 0.3 is 5.97 Å². The maximum atomic E-state index is 13.6. The number of aromatic nitrogens is 1. The molecule has 36 heavy (non-hydrogen) atoms. The molecule has 2 aliphatic heterocycles. The summed E-state index contributed by atoms with van der Waals surface area (Å²) < 4.78 is 10.3. The normalized spacial score (nSPS) is 26.8. The van der Waals surface area contributed by atoms with E-state index in [1.807, 2.05) is 18.2 Å². The summed E-state index contributed by atoms with van der Waals surface area (Å²) in [7, 11) is 2.83.